The van der Waals surface area contributed by atoms with Gasteiger partial charge in [0.2, 0.25) is 0 Å². The number of hydrogen-bond donors (Lipinski definition) is 0. The van der Waals surface area contributed by atoms with Crippen LogP contribution in [0, 0.1) is 11.8 Å². The van der Waals surface area contributed by atoms with Crippen molar-refractivity contribution in [3.8, 4) is 0 Å². The summed E-state index contributed by atoms with van der Waals surface area (Å²) in [6.45, 7) is 2.23. The molecule has 0 aromatic heterocycles. The molecule has 0 N–H and O–H groups in total. The van der Waals surface area contributed by atoms with E-state index in [0.29, 0.717) is 25.4 Å². The molecule has 0 amide bonds. The third-order valence-electron chi connectivity index (χ3n) is 4.27. The van der Waals surface area contributed by atoms with Crippen molar-refractivity contribution in [1.82, 2.24) is 0 Å². The van der Waals surface area contributed by atoms with Crippen molar-refractivity contribution in [2.75, 3.05) is 6.61 Å². The van der Waals surface area contributed by atoms with E-state index < -0.39 is 0 Å². The number of carbonyl (C=O) groups is 2. The molecule has 0 aliphatic heterocycles. The summed E-state index contributed by atoms with van der Waals surface area (Å²) in [4.78, 5) is 23.6. The molecule has 3 heteroatoms. The Morgan fingerprint density at radius 1 is 1.26 bits per heavy atom. The van der Waals surface area contributed by atoms with Gasteiger partial charge in [-0.1, -0.05) is 25.3 Å². The van der Waals surface area contributed by atoms with Crippen LogP contribution in [-0.4, -0.2) is 18.4 Å². The molecule has 0 radical (unpaired) electrons. The highest BCUT2D eigenvalue weighted by molar-refractivity contribution is 5.98. The number of allylic oxidation sites excluding steroid dienone is 2. The first-order chi connectivity index (χ1) is 9.20. The van der Waals surface area contributed by atoms with Crippen LogP contribution in [0.2, 0.25) is 0 Å². The van der Waals surface area contributed by atoms with Crippen molar-refractivity contribution < 1.29 is 14.3 Å². The minimum atomic E-state index is -0.170. The van der Waals surface area contributed by atoms with Crippen molar-refractivity contribution in [3.05, 3.63) is 11.6 Å². The van der Waals surface area contributed by atoms with Gasteiger partial charge < -0.3 is 4.74 Å². The van der Waals surface area contributed by atoms with Gasteiger partial charge in [-0.25, -0.2) is 0 Å². The molecule has 2 aliphatic carbocycles. The fourth-order valence-electron chi connectivity index (χ4n) is 3.25. The molecule has 3 nitrogen and oxygen atoms in total. The first-order valence-electron chi connectivity index (χ1n) is 7.61. The molecule has 1 atom stereocenters. The fraction of sp³-hybridized carbons (Fsp3) is 0.750. The van der Waals surface area contributed by atoms with E-state index in [0.717, 1.165) is 12.0 Å². The van der Waals surface area contributed by atoms with E-state index >= 15 is 0 Å². The van der Waals surface area contributed by atoms with Crippen LogP contribution in [0.25, 0.3) is 0 Å². The van der Waals surface area contributed by atoms with Gasteiger partial charge in [0.1, 0.15) is 0 Å². The molecule has 2 aliphatic rings. The second-order valence-corrected chi connectivity index (χ2v) is 5.69. The van der Waals surface area contributed by atoms with Crippen LogP contribution in [0.1, 0.15) is 58.3 Å². The summed E-state index contributed by atoms with van der Waals surface area (Å²) in [7, 11) is 0. The van der Waals surface area contributed by atoms with E-state index in [9.17, 15) is 9.59 Å². The molecule has 0 saturated heterocycles. The molecule has 2 rings (SSSR count). The van der Waals surface area contributed by atoms with Crippen LogP contribution in [0.4, 0.5) is 0 Å². The summed E-state index contributed by atoms with van der Waals surface area (Å²) < 4.78 is 5.00. The van der Waals surface area contributed by atoms with E-state index in [4.69, 9.17) is 4.74 Å². The predicted molar refractivity (Wildman–Crippen MR) is 73.6 cm³/mol. The molecule has 19 heavy (non-hydrogen) atoms. The smallest absolute Gasteiger partial charge is 0.306 e. The molecule has 2 fully saturated rings. The zero-order valence-corrected chi connectivity index (χ0v) is 11.8. The van der Waals surface area contributed by atoms with Crippen molar-refractivity contribution in [2.45, 2.75) is 58.3 Å². The molecule has 0 aromatic carbocycles. The molecule has 0 aromatic rings. The van der Waals surface area contributed by atoms with E-state index in [1.807, 2.05) is 6.92 Å². The summed E-state index contributed by atoms with van der Waals surface area (Å²) in [5.41, 5.74) is 0.917. The number of rotatable bonds is 4. The largest absolute Gasteiger partial charge is 0.466 e. The molecule has 106 valence electrons. The van der Waals surface area contributed by atoms with Gasteiger partial charge in [0, 0.05) is 6.42 Å². The normalized spacial score (nSPS) is 26.9. The van der Waals surface area contributed by atoms with Crippen LogP contribution in [-0.2, 0) is 14.3 Å². The van der Waals surface area contributed by atoms with Gasteiger partial charge >= 0.3 is 5.97 Å². The molecule has 0 spiro atoms. The monoisotopic (exact) mass is 264 g/mol. The van der Waals surface area contributed by atoms with Gasteiger partial charge in [-0.3, -0.25) is 9.59 Å². The lowest BCUT2D eigenvalue weighted by molar-refractivity contribution is -0.143. The second kappa shape index (κ2) is 6.88. The fourth-order valence-corrected chi connectivity index (χ4v) is 3.25. The molecule has 1 unspecified atom stereocenters. The Morgan fingerprint density at radius 2 is 2.00 bits per heavy atom. The molecule has 0 heterocycles. The number of Topliss-reactive ketones (excluding diaryl/α,β-unsaturated/α-hetero) is 1. The Labute approximate surface area is 115 Å². The number of esters is 1. The Bertz CT molecular complexity index is 364. The van der Waals surface area contributed by atoms with Crippen LogP contribution < -0.4 is 0 Å². The summed E-state index contributed by atoms with van der Waals surface area (Å²) in [6, 6.07) is 0. The van der Waals surface area contributed by atoms with Gasteiger partial charge in [0.25, 0.3) is 0 Å². The molecular formula is C16H24O3. The lowest BCUT2D eigenvalue weighted by Crippen LogP contribution is -2.13. The minimum absolute atomic E-state index is 0.105. The highest BCUT2D eigenvalue weighted by Gasteiger charge is 2.31. The molecular weight excluding hydrogens is 240 g/mol. The van der Waals surface area contributed by atoms with Crippen molar-refractivity contribution in [1.29, 1.82) is 0 Å². The first-order valence-corrected chi connectivity index (χ1v) is 7.61. The molecule has 0 bridgehead atoms. The van der Waals surface area contributed by atoms with Crippen LogP contribution in [0.15, 0.2) is 11.6 Å². The predicted octanol–water partition coefficient (Wildman–Crippen LogP) is 3.43. The van der Waals surface area contributed by atoms with Crippen molar-refractivity contribution in [2.24, 2.45) is 11.8 Å². The maximum Gasteiger partial charge on any atom is 0.306 e. The first kappa shape index (κ1) is 14.3. The summed E-state index contributed by atoms with van der Waals surface area (Å²) in [6.07, 6.45) is 10.2. The van der Waals surface area contributed by atoms with Crippen LogP contribution in [0.3, 0.4) is 0 Å². The van der Waals surface area contributed by atoms with E-state index in [-0.39, 0.29) is 17.7 Å². The van der Waals surface area contributed by atoms with E-state index in [1.54, 1.807) is 0 Å². The highest BCUT2D eigenvalue weighted by Crippen LogP contribution is 2.34. The standard InChI is InChI=1S/C16H24O3/c1-2-19-16(18)11-13-8-9-15(17)14(13)10-12-6-4-3-5-7-12/h10,12-13H,2-9,11H2,1H3/b14-10+. The van der Waals surface area contributed by atoms with Crippen molar-refractivity contribution >= 4 is 11.8 Å². The van der Waals surface area contributed by atoms with Crippen molar-refractivity contribution in [3.63, 3.8) is 0 Å². The summed E-state index contributed by atoms with van der Waals surface area (Å²) in [5.74, 6) is 0.737. The number of carbonyl (C=O) groups excluding carboxylic acids is 2. The van der Waals surface area contributed by atoms with Gasteiger partial charge in [-0.2, -0.15) is 0 Å². The zero-order valence-electron chi connectivity index (χ0n) is 11.8. The van der Waals surface area contributed by atoms with Gasteiger partial charge in [0.05, 0.1) is 13.0 Å². The summed E-state index contributed by atoms with van der Waals surface area (Å²) in [5, 5.41) is 0. The third-order valence-corrected chi connectivity index (χ3v) is 4.27. The second-order valence-electron chi connectivity index (χ2n) is 5.69. The lowest BCUT2D eigenvalue weighted by Gasteiger charge is -2.20. The van der Waals surface area contributed by atoms with E-state index in [2.05, 4.69) is 6.08 Å². The Kier molecular flexibility index (Phi) is 5.17. The minimum Gasteiger partial charge on any atom is -0.466 e. The Hall–Kier alpha value is -1.12. The van der Waals surface area contributed by atoms with Gasteiger partial charge in [-0.15, -0.1) is 0 Å². The maximum atomic E-state index is 12.0. The average Bonchev–Trinajstić information content (AvgIpc) is 2.73. The highest BCUT2D eigenvalue weighted by atomic mass is 16.5. The third kappa shape index (κ3) is 3.92. The Balaban J connectivity index is 2.00. The average molecular weight is 264 g/mol. The number of ether oxygens (including phenoxy) is 1. The molecule has 2 saturated carbocycles. The SMILES string of the molecule is CCOC(=O)CC1CCC(=O)/C1=C/C1CCCCC1. The maximum absolute atomic E-state index is 12.0. The Morgan fingerprint density at radius 3 is 2.68 bits per heavy atom. The lowest BCUT2D eigenvalue weighted by atomic mass is 9.85. The van der Waals surface area contributed by atoms with Crippen LogP contribution in [0.5, 0.6) is 0 Å². The quantitative estimate of drug-likeness (QED) is 0.577. The number of hydrogen-bond acceptors (Lipinski definition) is 3. The van der Waals surface area contributed by atoms with Gasteiger partial charge in [0.15, 0.2) is 5.78 Å². The zero-order chi connectivity index (χ0) is 13.7. The van der Waals surface area contributed by atoms with Gasteiger partial charge in [-0.05, 0) is 43.6 Å². The number of ketones is 1. The van der Waals surface area contributed by atoms with E-state index in [1.165, 1.54) is 32.1 Å². The summed E-state index contributed by atoms with van der Waals surface area (Å²) >= 11 is 0. The topological polar surface area (TPSA) is 43.4 Å². The van der Waals surface area contributed by atoms with Crippen LogP contribution >= 0.6 is 0 Å².